The van der Waals surface area contributed by atoms with Crippen molar-refractivity contribution in [2.45, 2.75) is 38.0 Å². The summed E-state index contributed by atoms with van der Waals surface area (Å²) in [5.74, 6) is 0.720. The minimum absolute atomic E-state index is 0. The molecule has 4 heteroatoms. The quantitative estimate of drug-likeness (QED) is 0.616. The first kappa shape index (κ1) is 13.0. The third-order valence-electron chi connectivity index (χ3n) is 3.14. The second-order valence-electron chi connectivity index (χ2n) is 4.23. The molecule has 0 radical (unpaired) electrons. The number of pyridine rings is 1. The zero-order valence-corrected chi connectivity index (χ0v) is 10.1. The smallest absolute Gasteiger partial charge is 0.141 e. The van der Waals surface area contributed by atoms with E-state index in [2.05, 4.69) is 11.1 Å². The lowest BCUT2D eigenvalue weighted by Crippen LogP contribution is -2.13. The van der Waals surface area contributed by atoms with E-state index in [1.807, 2.05) is 12.3 Å². The Labute approximate surface area is 102 Å². The van der Waals surface area contributed by atoms with Crippen LogP contribution in [0.3, 0.4) is 0 Å². The molecule has 1 aliphatic carbocycles. The number of aromatic nitrogens is 1. The molecular formula is C12H18ClN3. The van der Waals surface area contributed by atoms with Gasteiger partial charge in [-0.25, -0.2) is 0 Å². The van der Waals surface area contributed by atoms with Crippen molar-refractivity contribution in [2.75, 3.05) is 0 Å². The number of amidine groups is 1. The van der Waals surface area contributed by atoms with Crippen LogP contribution in [0.1, 0.15) is 49.3 Å². The number of rotatable bonds is 2. The topological polar surface area (TPSA) is 62.8 Å². The molecule has 0 unspecified atom stereocenters. The lowest BCUT2D eigenvalue weighted by Gasteiger charge is -2.21. The molecule has 3 nitrogen and oxygen atoms in total. The highest BCUT2D eigenvalue weighted by atomic mass is 35.5. The minimum atomic E-state index is 0. The zero-order valence-electron chi connectivity index (χ0n) is 9.28. The molecule has 0 saturated heterocycles. The predicted octanol–water partition coefficient (Wildman–Crippen LogP) is 2.84. The highest BCUT2D eigenvalue weighted by Gasteiger charge is 2.15. The highest BCUT2D eigenvalue weighted by Crippen LogP contribution is 2.31. The van der Waals surface area contributed by atoms with Gasteiger partial charge >= 0.3 is 0 Å². The summed E-state index contributed by atoms with van der Waals surface area (Å²) in [6, 6.07) is 3.92. The van der Waals surface area contributed by atoms with Gasteiger partial charge in [0, 0.05) is 6.20 Å². The van der Waals surface area contributed by atoms with Crippen LogP contribution in [0.4, 0.5) is 0 Å². The van der Waals surface area contributed by atoms with Gasteiger partial charge in [0.05, 0.1) is 0 Å². The highest BCUT2D eigenvalue weighted by molar-refractivity contribution is 5.92. The monoisotopic (exact) mass is 239 g/mol. The lowest BCUT2D eigenvalue weighted by molar-refractivity contribution is 0.443. The molecule has 16 heavy (non-hydrogen) atoms. The van der Waals surface area contributed by atoms with Gasteiger partial charge in [0.15, 0.2) is 0 Å². The van der Waals surface area contributed by atoms with Gasteiger partial charge < -0.3 is 5.73 Å². The van der Waals surface area contributed by atoms with E-state index in [0.717, 1.165) is 0 Å². The van der Waals surface area contributed by atoms with E-state index < -0.39 is 0 Å². The number of nitrogens with zero attached hydrogens (tertiary/aromatic N) is 1. The Hall–Kier alpha value is -1.09. The molecule has 2 rings (SSSR count). The molecule has 0 atom stereocenters. The standard InChI is InChI=1S/C12H17N3.ClH/c13-12(14)11-7-6-10(8-15-11)9-4-2-1-3-5-9;/h6-9H,1-5H2,(H3,13,14);1H. The average molecular weight is 240 g/mol. The van der Waals surface area contributed by atoms with Crippen molar-refractivity contribution in [3.05, 3.63) is 29.6 Å². The molecule has 1 saturated carbocycles. The summed E-state index contributed by atoms with van der Waals surface area (Å²) >= 11 is 0. The first-order valence-corrected chi connectivity index (χ1v) is 5.58. The predicted molar refractivity (Wildman–Crippen MR) is 68.3 cm³/mol. The molecule has 0 aromatic carbocycles. The summed E-state index contributed by atoms with van der Waals surface area (Å²) < 4.78 is 0. The molecule has 0 bridgehead atoms. The third-order valence-corrected chi connectivity index (χ3v) is 3.14. The summed E-state index contributed by atoms with van der Waals surface area (Å²) in [5.41, 5.74) is 7.25. The van der Waals surface area contributed by atoms with E-state index in [9.17, 15) is 0 Å². The van der Waals surface area contributed by atoms with Gasteiger partial charge in [0.25, 0.3) is 0 Å². The van der Waals surface area contributed by atoms with Crippen molar-refractivity contribution in [1.29, 1.82) is 5.41 Å². The molecule has 88 valence electrons. The van der Waals surface area contributed by atoms with E-state index in [1.54, 1.807) is 0 Å². The SMILES string of the molecule is Cl.N=C(N)c1ccc(C2CCCCC2)cn1. The molecule has 0 amide bonds. The van der Waals surface area contributed by atoms with Gasteiger partial charge in [0.1, 0.15) is 11.5 Å². The van der Waals surface area contributed by atoms with Gasteiger partial charge in [-0.15, -0.1) is 12.4 Å². The molecule has 1 aromatic rings. The van der Waals surface area contributed by atoms with Crippen LogP contribution < -0.4 is 5.73 Å². The van der Waals surface area contributed by atoms with Gasteiger partial charge in [-0.05, 0) is 30.4 Å². The van der Waals surface area contributed by atoms with Crippen molar-refractivity contribution < 1.29 is 0 Å². The Morgan fingerprint density at radius 2 is 1.94 bits per heavy atom. The summed E-state index contributed by atoms with van der Waals surface area (Å²) in [7, 11) is 0. The molecule has 1 heterocycles. The second kappa shape index (κ2) is 5.85. The zero-order chi connectivity index (χ0) is 10.7. The van der Waals surface area contributed by atoms with Gasteiger partial charge in [-0.1, -0.05) is 25.3 Å². The fourth-order valence-corrected chi connectivity index (χ4v) is 2.24. The summed E-state index contributed by atoms with van der Waals surface area (Å²) in [6.07, 6.45) is 8.47. The van der Waals surface area contributed by atoms with Crippen LogP contribution in [0.2, 0.25) is 0 Å². The molecule has 0 spiro atoms. The third kappa shape index (κ3) is 2.95. The first-order chi connectivity index (χ1) is 7.27. The van der Waals surface area contributed by atoms with Crippen LogP contribution in [0, 0.1) is 5.41 Å². The lowest BCUT2D eigenvalue weighted by atomic mass is 9.85. The molecule has 1 aliphatic rings. The van der Waals surface area contributed by atoms with Crippen molar-refractivity contribution in [3.63, 3.8) is 0 Å². The van der Waals surface area contributed by atoms with E-state index in [-0.39, 0.29) is 18.2 Å². The maximum atomic E-state index is 7.27. The van der Waals surface area contributed by atoms with E-state index >= 15 is 0 Å². The Bertz CT molecular complexity index is 342. The fourth-order valence-electron chi connectivity index (χ4n) is 2.24. The molecular weight excluding hydrogens is 222 g/mol. The van der Waals surface area contributed by atoms with Gasteiger partial charge in [0.2, 0.25) is 0 Å². The largest absolute Gasteiger partial charge is 0.382 e. The van der Waals surface area contributed by atoms with Crippen molar-refractivity contribution in [2.24, 2.45) is 5.73 Å². The van der Waals surface area contributed by atoms with Crippen molar-refractivity contribution >= 4 is 18.2 Å². The number of nitrogens with one attached hydrogen (secondary N) is 1. The Morgan fingerprint density at radius 3 is 2.44 bits per heavy atom. The fraction of sp³-hybridized carbons (Fsp3) is 0.500. The van der Waals surface area contributed by atoms with Crippen LogP contribution in [-0.4, -0.2) is 10.8 Å². The molecule has 3 N–H and O–H groups in total. The van der Waals surface area contributed by atoms with Gasteiger partial charge in [-0.3, -0.25) is 10.4 Å². The number of hydrogen-bond acceptors (Lipinski definition) is 2. The summed E-state index contributed by atoms with van der Waals surface area (Å²) in [6.45, 7) is 0. The van der Waals surface area contributed by atoms with Crippen LogP contribution in [-0.2, 0) is 0 Å². The minimum Gasteiger partial charge on any atom is -0.382 e. The molecule has 1 aromatic heterocycles. The van der Waals surface area contributed by atoms with Crippen molar-refractivity contribution in [3.8, 4) is 0 Å². The maximum absolute atomic E-state index is 7.27. The number of hydrogen-bond donors (Lipinski definition) is 2. The number of nitrogen functional groups attached to an aromatic ring is 1. The van der Waals surface area contributed by atoms with Crippen LogP contribution in [0.15, 0.2) is 18.3 Å². The first-order valence-electron chi connectivity index (χ1n) is 5.58. The van der Waals surface area contributed by atoms with Crippen LogP contribution in [0.5, 0.6) is 0 Å². The number of nitrogens with two attached hydrogens (primary N) is 1. The molecule has 1 fully saturated rings. The second-order valence-corrected chi connectivity index (χ2v) is 4.23. The number of halogens is 1. The maximum Gasteiger partial charge on any atom is 0.141 e. The summed E-state index contributed by atoms with van der Waals surface area (Å²) in [5, 5.41) is 7.27. The Kier molecular flexibility index (Phi) is 4.74. The van der Waals surface area contributed by atoms with E-state index in [4.69, 9.17) is 11.1 Å². The van der Waals surface area contributed by atoms with Crippen LogP contribution in [0.25, 0.3) is 0 Å². The Balaban J connectivity index is 0.00000128. The summed E-state index contributed by atoms with van der Waals surface area (Å²) in [4.78, 5) is 4.20. The molecule has 0 aliphatic heterocycles. The van der Waals surface area contributed by atoms with Crippen molar-refractivity contribution in [1.82, 2.24) is 4.98 Å². The van der Waals surface area contributed by atoms with E-state index in [1.165, 1.54) is 37.7 Å². The Morgan fingerprint density at radius 1 is 1.25 bits per heavy atom. The normalized spacial score (nSPS) is 16.5. The average Bonchev–Trinajstić information content (AvgIpc) is 2.30. The van der Waals surface area contributed by atoms with E-state index in [0.29, 0.717) is 11.6 Å². The van der Waals surface area contributed by atoms with Gasteiger partial charge in [-0.2, -0.15) is 0 Å². The van der Waals surface area contributed by atoms with Crippen LogP contribution >= 0.6 is 12.4 Å².